The van der Waals surface area contributed by atoms with Crippen molar-refractivity contribution >= 4 is 5.97 Å². The second-order valence-electron chi connectivity index (χ2n) is 7.23. The van der Waals surface area contributed by atoms with E-state index in [9.17, 15) is 9.90 Å². The molecule has 0 heterocycles. The average Bonchev–Trinajstić information content (AvgIpc) is 2.79. The Bertz CT molecular complexity index is 825. The number of carbonyl (C=O) groups excluding carboxylic acids is 1. The van der Waals surface area contributed by atoms with Gasteiger partial charge in [0.15, 0.2) is 11.5 Å². The van der Waals surface area contributed by atoms with Crippen LogP contribution in [-0.2, 0) is 4.74 Å². The SMILES string of the molecule is COC(=O)c1ccc(OCC(O)CNCC(c2ccc(OC)cc2)N(C)C)c(OC)c1. The minimum atomic E-state index is -0.719. The van der Waals surface area contributed by atoms with Crippen molar-refractivity contribution in [2.75, 3.05) is 55.1 Å². The van der Waals surface area contributed by atoms with Crippen molar-refractivity contribution in [2.45, 2.75) is 12.1 Å². The number of ether oxygens (including phenoxy) is 4. The van der Waals surface area contributed by atoms with Crippen LogP contribution in [-0.4, -0.2) is 77.2 Å². The molecule has 0 fully saturated rings. The number of aliphatic hydroxyl groups excluding tert-OH is 1. The first kappa shape index (κ1) is 24.5. The minimum Gasteiger partial charge on any atom is -0.497 e. The zero-order valence-corrected chi connectivity index (χ0v) is 18.8. The maximum Gasteiger partial charge on any atom is 0.337 e. The van der Waals surface area contributed by atoms with Gasteiger partial charge in [0.2, 0.25) is 0 Å². The van der Waals surface area contributed by atoms with Crippen molar-refractivity contribution in [3.8, 4) is 17.2 Å². The summed E-state index contributed by atoms with van der Waals surface area (Å²) in [5.74, 6) is 1.20. The molecule has 8 nitrogen and oxygen atoms in total. The molecule has 2 aromatic rings. The Morgan fingerprint density at radius 1 is 1.00 bits per heavy atom. The fourth-order valence-electron chi connectivity index (χ4n) is 3.09. The van der Waals surface area contributed by atoms with Crippen LogP contribution in [0.4, 0.5) is 0 Å². The third-order valence-electron chi connectivity index (χ3n) is 4.86. The molecular weight excluding hydrogens is 400 g/mol. The third-order valence-corrected chi connectivity index (χ3v) is 4.86. The molecule has 31 heavy (non-hydrogen) atoms. The van der Waals surface area contributed by atoms with E-state index < -0.39 is 12.1 Å². The highest BCUT2D eigenvalue weighted by Gasteiger charge is 2.16. The Kier molecular flexibility index (Phi) is 9.58. The fraction of sp³-hybridized carbons (Fsp3) is 0.435. The molecule has 2 rings (SSSR count). The molecule has 0 aliphatic heterocycles. The first-order chi connectivity index (χ1) is 14.9. The van der Waals surface area contributed by atoms with Gasteiger partial charge < -0.3 is 34.3 Å². The topological polar surface area (TPSA) is 89.5 Å². The smallest absolute Gasteiger partial charge is 0.337 e. The molecule has 0 amide bonds. The van der Waals surface area contributed by atoms with E-state index in [-0.39, 0.29) is 12.6 Å². The molecular formula is C23H32N2O6. The quantitative estimate of drug-likeness (QED) is 0.493. The maximum atomic E-state index is 11.6. The van der Waals surface area contributed by atoms with Gasteiger partial charge in [-0.1, -0.05) is 12.1 Å². The van der Waals surface area contributed by atoms with Crippen molar-refractivity contribution in [1.29, 1.82) is 0 Å². The maximum absolute atomic E-state index is 11.6. The Labute approximate surface area is 183 Å². The predicted octanol–water partition coefficient (Wildman–Crippen LogP) is 2.12. The minimum absolute atomic E-state index is 0.0795. The summed E-state index contributed by atoms with van der Waals surface area (Å²) in [6.45, 7) is 1.10. The van der Waals surface area contributed by atoms with Gasteiger partial charge in [-0.3, -0.25) is 0 Å². The van der Waals surface area contributed by atoms with E-state index in [0.29, 0.717) is 30.2 Å². The van der Waals surface area contributed by atoms with Crippen molar-refractivity contribution in [3.05, 3.63) is 53.6 Å². The molecule has 2 N–H and O–H groups in total. The van der Waals surface area contributed by atoms with Gasteiger partial charge in [0.25, 0.3) is 0 Å². The van der Waals surface area contributed by atoms with E-state index >= 15 is 0 Å². The lowest BCUT2D eigenvalue weighted by Gasteiger charge is -2.26. The summed E-state index contributed by atoms with van der Waals surface area (Å²) in [5.41, 5.74) is 1.52. The van der Waals surface area contributed by atoms with Crippen molar-refractivity contribution in [2.24, 2.45) is 0 Å². The third kappa shape index (κ3) is 7.13. The first-order valence-corrected chi connectivity index (χ1v) is 9.97. The molecule has 0 saturated carbocycles. The number of rotatable bonds is 12. The summed E-state index contributed by atoms with van der Waals surface area (Å²) in [5, 5.41) is 13.6. The zero-order valence-electron chi connectivity index (χ0n) is 18.8. The van der Waals surface area contributed by atoms with Gasteiger partial charge in [0, 0.05) is 19.1 Å². The highest BCUT2D eigenvalue weighted by atomic mass is 16.5. The summed E-state index contributed by atoms with van der Waals surface area (Å²) >= 11 is 0. The number of esters is 1. The van der Waals surface area contributed by atoms with Crippen molar-refractivity contribution < 1.29 is 28.8 Å². The average molecular weight is 433 g/mol. The summed E-state index contributed by atoms with van der Waals surface area (Å²) in [4.78, 5) is 13.8. The molecule has 2 atom stereocenters. The molecule has 0 saturated heterocycles. The van der Waals surface area contributed by atoms with Gasteiger partial charge in [-0.15, -0.1) is 0 Å². The molecule has 2 unspecified atom stereocenters. The van der Waals surface area contributed by atoms with Crippen LogP contribution in [0.2, 0.25) is 0 Å². The monoisotopic (exact) mass is 432 g/mol. The lowest BCUT2D eigenvalue weighted by atomic mass is 10.1. The lowest BCUT2D eigenvalue weighted by Crippen LogP contribution is -2.37. The molecule has 0 aliphatic rings. The van der Waals surface area contributed by atoms with Crippen molar-refractivity contribution in [3.63, 3.8) is 0 Å². The van der Waals surface area contributed by atoms with E-state index in [1.165, 1.54) is 14.2 Å². The fourth-order valence-corrected chi connectivity index (χ4v) is 3.09. The summed E-state index contributed by atoms with van der Waals surface area (Å²) in [7, 11) is 8.48. The molecule has 170 valence electrons. The number of likely N-dealkylation sites (N-methyl/N-ethyl adjacent to an activating group) is 1. The Balaban J connectivity index is 1.86. The number of hydrogen-bond acceptors (Lipinski definition) is 8. The van der Waals surface area contributed by atoms with E-state index in [2.05, 4.69) is 10.2 Å². The lowest BCUT2D eigenvalue weighted by molar-refractivity contribution is 0.0600. The van der Waals surface area contributed by atoms with Crippen LogP contribution < -0.4 is 19.5 Å². The van der Waals surface area contributed by atoms with Crippen LogP contribution in [0, 0.1) is 0 Å². The molecule has 0 aromatic heterocycles. The number of benzene rings is 2. The Hall–Kier alpha value is -2.81. The van der Waals surface area contributed by atoms with Gasteiger partial charge in [-0.25, -0.2) is 4.79 Å². The molecule has 8 heteroatoms. The van der Waals surface area contributed by atoms with E-state index in [0.717, 1.165) is 11.3 Å². The van der Waals surface area contributed by atoms with Gasteiger partial charge in [-0.05, 0) is 50.0 Å². The normalized spacial score (nSPS) is 12.9. The van der Waals surface area contributed by atoms with Gasteiger partial charge in [-0.2, -0.15) is 0 Å². The van der Waals surface area contributed by atoms with Gasteiger partial charge in [0.05, 0.1) is 26.9 Å². The summed E-state index contributed by atoms with van der Waals surface area (Å²) in [6.07, 6.45) is -0.719. The number of nitrogens with zero attached hydrogens (tertiary/aromatic N) is 1. The first-order valence-electron chi connectivity index (χ1n) is 9.97. The van der Waals surface area contributed by atoms with Gasteiger partial charge in [0.1, 0.15) is 18.5 Å². The standard InChI is InChI=1S/C23H32N2O6/c1-25(2)20(16-6-9-19(28-3)10-7-16)14-24-13-18(26)15-31-21-11-8-17(23(27)30-5)12-22(21)29-4/h6-12,18,20,24,26H,13-15H2,1-5H3. The predicted molar refractivity (Wildman–Crippen MR) is 118 cm³/mol. The van der Waals surface area contributed by atoms with E-state index in [1.807, 2.05) is 38.4 Å². The number of nitrogens with one attached hydrogen (secondary N) is 1. The van der Waals surface area contributed by atoms with Crippen molar-refractivity contribution in [1.82, 2.24) is 10.2 Å². The number of aliphatic hydroxyl groups is 1. The number of methoxy groups -OCH3 is 3. The highest BCUT2D eigenvalue weighted by molar-refractivity contribution is 5.90. The van der Waals surface area contributed by atoms with Crippen LogP contribution >= 0.6 is 0 Å². The second kappa shape index (κ2) is 12.1. The Morgan fingerprint density at radius 3 is 2.29 bits per heavy atom. The molecule has 0 radical (unpaired) electrons. The summed E-state index contributed by atoms with van der Waals surface area (Å²) < 4.78 is 20.9. The number of hydrogen-bond donors (Lipinski definition) is 2. The molecule has 0 bridgehead atoms. The van der Waals surface area contributed by atoms with Crippen LogP contribution in [0.15, 0.2) is 42.5 Å². The molecule has 0 aliphatic carbocycles. The largest absolute Gasteiger partial charge is 0.497 e. The van der Waals surface area contributed by atoms with Crippen LogP contribution in [0.1, 0.15) is 22.0 Å². The van der Waals surface area contributed by atoms with Crippen LogP contribution in [0.25, 0.3) is 0 Å². The van der Waals surface area contributed by atoms with Crippen LogP contribution in [0.3, 0.4) is 0 Å². The summed E-state index contributed by atoms with van der Waals surface area (Å²) in [6, 6.07) is 12.8. The Morgan fingerprint density at radius 2 is 1.71 bits per heavy atom. The van der Waals surface area contributed by atoms with Crippen LogP contribution in [0.5, 0.6) is 17.2 Å². The highest BCUT2D eigenvalue weighted by Crippen LogP contribution is 2.28. The molecule has 0 spiro atoms. The zero-order chi connectivity index (χ0) is 22.8. The van der Waals surface area contributed by atoms with Gasteiger partial charge >= 0.3 is 5.97 Å². The van der Waals surface area contributed by atoms with E-state index in [4.69, 9.17) is 18.9 Å². The number of carbonyl (C=O) groups is 1. The second-order valence-corrected chi connectivity index (χ2v) is 7.23. The van der Waals surface area contributed by atoms with E-state index in [1.54, 1.807) is 25.3 Å². The molecule has 2 aromatic carbocycles.